The maximum absolute atomic E-state index is 12.7. The Balaban J connectivity index is 2.86. The normalized spacial score (nSPS) is 21.3. The van der Waals surface area contributed by atoms with Crippen LogP contribution in [-0.2, 0) is 0 Å². The molecule has 0 nitrogen and oxygen atoms in total. The van der Waals surface area contributed by atoms with E-state index in [1.807, 2.05) is 0 Å². The number of hydrogen-bond donors (Lipinski definition) is 0. The van der Waals surface area contributed by atoms with Gasteiger partial charge in [-0.2, -0.15) is 26.3 Å². The van der Waals surface area contributed by atoms with Crippen molar-refractivity contribution in [2.24, 2.45) is 17.3 Å². The van der Waals surface area contributed by atoms with Crippen LogP contribution in [0.3, 0.4) is 0 Å². The van der Waals surface area contributed by atoms with E-state index in [1.165, 1.54) is 6.92 Å². The van der Waals surface area contributed by atoms with E-state index in [4.69, 9.17) is 0 Å². The van der Waals surface area contributed by atoms with E-state index in [1.54, 1.807) is 0 Å². The molecule has 0 aromatic rings. The van der Waals surface area contributed by atoms with E-state index in [9.17, 15) is 26.3 Å². The minimum Gasteiger partial charge on any atom is -0.170 e. The minimum atomic E-state index is -5.25. The van der Waals surface area contributed by atoms with Crippen molar-refractivity contribution in [3.63, 3.8) is 0 Å². The SMILES string of the molecule is C[C@H](CC(C)(C(F)(F)F)C(F)(F)F)C1CCCC1. The average Bonchev–Trinajstić information content (AvgIpc) is 2.66. The molecule has 0 aliphatic heterocycles. The molecule has 0 aromatic heterocycles. The molecule has 0 aromatic carbocycles. The predicted molar refractivity (Wildman–Crippen MR) is 56.0 cm³/mol. The van der Waals surface area contributed by atoms with Crippen LogP contribution in [0.25, 0.3) is 0 Å². The van der Waals surface area contributed by atoms with Crippen molar-refractivity contribution in [3.05, 3.63) is 0 Å². The first-order chi connectivity index (χ1) is 7.99. The zero-order valence-electron chi connectivity index (χ0n) is 10.5. The molecule has 1 fully saturated rings. The molecule has 0 radical (unpaired) electrons. The first-order valence-electron chi connectivity index (χ1n) is 6.12. The predicted octanol–water partition coefficient (Wildman–Crippen LogP) is 5.33. The average molecular weight is 276 g/mol. The fourth-order valence-corrected chi connectivity index (χ4v) is 2.73. The second-order valence-electron chi connectivity index (χ2n) is 5.55. The lowest BCUT2D eigenvalue weighted by Crippen LogP contribution is -2.49. The summed E-state index contributed by atoms with van der Waals surface area (Å²) in [6, 6.07) is 0. The van der Waals surface area contributed by atoms with E-state index in [-0.39, 0.29) is 12.8 Å². The lowest BCUT2D eigenvalue weighted by Gasteiger charge is -2.37. The Hall–Kier alpha value is -0.420. The van der Waals surface area contributed by atoms with Crippen LogP contribution < -0.4 is 0 Å². The van der Waals surface area contributed by atoms with Crippen LogP contribution in [0.5, 0.6) is 0 Å². The molecule has 1 rings (SSSR count). The van der Waals surface area contributed by atoms with Crippen molar-refractivity contribution in [2.75, 3.05) is 0 Å². The fraction of sp³-hybridized carbons (Fsp3) is 1.00. The van der Waals surface area contributed by atoms with E-state index >= 15 is 0 Å². The van der Waals surface area contributed by atoms with Gasteiger partial charge in [0.05, 0.1) is 0 Å². The third kappa shape index (κ3) is 2.94. The monoisotopic (exact) mass is 276 g/mol. The Morgan fingerprint density at radius 2 is 1.33 bits per heavy atom. The first kappa shape index (κ1) is 15.6. The van der Waals surface area contributed by atoms with Crippen molar-refractivity contribution in [3.8, 4) is 0 Å². The summed E-state index contributed by atoms with van der Waals surface area (Å²) >= 11 is 0. The molecule has 1 aliphatic carbocycles. The zero-order chi connectivity index (χ0) is 14.2. The van der Waals surface area contributed by atoms with Gasteiger partial charge in [-0.25, -0.2) is 0 Å². The minimum absolute atomic E-state index is 0.00553. The number of halogens is 6. The Morgan fingerprint density at radius 3 is 1.67 bits per heavy atom. The molecular formula is C12H18F6. The van der Waals surface area contributed by atoms with Crippen LogP contribution in [0.15, 0.2) is 0 Å². The Kier molecular flexibility index (Phi) is 4.28. The molecule has 0 amide bonds. The highest BCUT2D eigenvalue weighted by Gasteiger charge is 2.67. The molecular weight excluding hydrogens is 258 g/mol. The van der Waals surface area contributed by atoms with Crippen molar-refractivity contribution < 1.29 is 26.3 Å². The Labute approximate surface area is 103 Å². The van der Waals surface area contributed by atoms with Crippen molar-refractivity contribution >= 4 is 0 Å². The van der Waals surface area contributed by atoms with Gasteiger partial charge < -0.3 is 0 Å². The second-order valence-corrected chi connectivity index (χ2v) is 5.55. The molecule has 0 spiro atoms. The lowest BCUT2D eigenvalue weighted by molar-refractivity contribution is -0.340. The Bertz CT molecular complexity index is 257. The summed E-state index contributed by atoms with van der Waals surface area (Å²) in [6.45, 7) is 1.78. The van der Waals surface area contributed by atoms with Crippen LogP contribution in [-0.4, -0.2) is 12.4 Å². The quantitative estimate of drug-likeness (QED) is 0.611. The summed E-state index contributed by atoms with van der Waals surface area (Å²) < 4.78 is 76.4. The largest absolute Gasteiger partial charge is 0.402 e. The van der Waals surface area contributed by atoms with Crippen molar-refractivity contribution in [2.45, 2.75) is 58.3 Å². The second kappa shape index (κ2) is 4.93. The lowest BCUT2D eigenvalue weighted by atomic mass is 9.75. The summed E-state index contributed by atoms with van der Waals surface area (Å²) in [7, 11) is 0. The van der Waals surface area contributed by atoms with Crippen molar-refractivity contribution in [1.82, 2.24) is 0 Å². The van der Waals surface area contributed by atoms with Gasteiger partial charge in [0.1, 0.15) is 0 Å². The van der Waals surface area contributed by atoms with Gasteiger partial charge in [-0.15, -0.1) is 0 Å². The van der Waals surface area contributed by atoms with Crippen LogP contribution in [0.2, 0.25) is 0 Å². The van der Waals surface area contributed by atoms with Gasteiger partial charge in [-0.1, -0.05) is 32.6 Å². The van der Waals surface area contributed by atoms with E-state index < -0.39 is 30.1 Å². The fourth-order valence-electron chi connectivity index (χ4n) is 2.73. The van der Waals surface area contributed by atoms with Gasteiger partial charge in [0.2, 0.25) is 0 Å². The highest BCUT2D eigenvalue weighted by molar-refractivity contribution is 4.92. The third-order valence-electron chi connectivity index (χ3n) is 4.19. The summed E-state index contributed by atoms with van der Waals surface area (Å²) in [4.78, 5) is 0. The van der Waals surface area contributed by atoms with E-state index in [0.29, 0.717) is 0 Å². The summed E-state index contributed by atoms with van der Waals surface area (Å²) in [5.41, 5.74) is -3.60. The van der Waals surface area contributed by atoms with Crippen LogP contribution in [0.4, 0.5) is 26.3 Å². The molecule has 6 heteroatoms. The van der Waals surface area contributed by atoms with Gasteiger partial charge >= 0.3 is 12.4 Å². The first-order valence-corrected chi connectivity index (χ1v) is 6.12. The maximum Gasteiger partial charge on any atom is 0.402 e. The summed E-state index contributed by atoms with van der Waals surface area (Å²) in [6.07, 6.45) is -8.08. The molecule has 0 bridgehead atoms. The Morgan fingerprint density at radius 1 is 0.944 bits per heavy atom. The van der Waals surface area contributed by atoms with Crippen LogP contribution in [0.1, 0.15) is 46.0 Å². The van der Waals surface area contributed by atoms with Gasteiger partial charge in [-0.3, -0.25) is 0 Å². The van der Waals surface area contributed by atoms with Gasteiger partial charge in [0.15, 0.2) is 5.41 Å². The molecule has 0 N–H and O–H groups in total. The molecule has 0 unspecified atom stereocenters. The zero-order valence-corrected chi connectivity index (χ0v) is 10.5. The number of alkyl halides is 6. The molecule has 1 saturated carbocycles. The highest BCUT2D eigenvalue weighted by Crippen LogP contribution is 2.54. The molecule has 108 valence electrons. The molecule has 0 heterocycles. The molecule has 18 heavy (non-hydrogen) atoms. The maximum atomic E-state index is 12.7. The molecule has 1 atom stereocenters. The topological polar surface area (TPSA) is 0 Å². The van der Waals surface area contributed by atoms with E-state index in [0.717, 1.165) is 25.7 Å². The molecule has 1 aliphatic rings. The molecule has 0 saturated heterocycles. The number of hydrogen-bond acceptors (Lipinski definition) is 0. The van der Waals surface area contributed by atoms with Gasteiger partial charge in [-0.05, 0) is 25.2 Å². The van der Waals surface area contributed by atoms with Gasteiger partial charge in [0.25, 0.3) is 0 Å². The van der Waals surface area contributed by atoms with Crippen molar-refractivity contribution in [1.29, 1.82) is 0 Å². The summed E-state index contributed by atoms with van der Waals surface area (Å²) in [5, 5.41) is 0. The smallest absolute Gasteiger partial charge is 0.170 e. The third-order valence-corrected chi connectivity index (χ3v) is 4.19. The highest BCUT2D eigenvalue weighted by atomic mass is 19.4. The van der Waals surface area contributed by atoms with Crippen LogP contribution in [0, 0.1) is 17.3 Å². The van der Waals surface area contributed by atoms with Crippen LogP contribution >= 0.6 is 0 Å². The summed E-state index contributed by atoms with van der Waals surface area (Å²) in [5.74, 6) is -0.560. The van der Waals surface area contributed by atoms with E-state index in [2.05, 4.69) is 0 Å². The number of rotatable bonds is 3. The standard InChI is InChI=1S/C12H18F6/c1-8(9-5-3-4-6-9)7-10(2,11(13,14)15)12(16,17)18/h8-9H,3-7H2,1-2H3/t8-/m1/s1. The van der Waals surface area contributed by atoms with Gasteiger partial charge in [0, 0.05) is 0 Å².